The van der Waals surface area contributed by atoms with E-state index in [0.717, 1.165) is 11.5 Å². The molecular weight excluding hydrogens is 246 g/mol. The molecule has 0 heterocycles. The van der Waals surface area contributed by atoms with Gasteiger partial charge in [-0.2, -0.15) is 0 Å². The summed E-state index contributed by atoms with van der Waals surface area (Å²) < 4.78 is 0. The summed E-state index contributed by atoms with van der Waals surface area (Å²) in [4.78, 5) is 0. The molecule has 0 saturated heterocycles. The van der Waals surface area contributed by atoms with Crippen molar-refractivity contribution in [3.63, 3.8) is 0 Å². The monoisotopic (exact) mass is 269 g/mol. The number of aliphatic hydroxyl groups is 1. The van der Waals surface area contributed by atoms with Crippen molar-refractivity contribution in [1.29, 1.82) is 0 Å². The Kier molecular flexibility index (Phi) is 3.93. The Hall–Kier alpha value is -1.54. The van der Waals surface area contributed by atoms with Gasteiger partial charge in [0, 0.05) is 11.7 Å². The molecule has 2 nitrogen and oxygen atoms in total. The van der Waals surface area contributed by atoms with Crippen LogP contribution in [-0.2, 0) is 6.61 Å². The molecule has 106 valence electrons. The molecule has 0 spiro atoms. The number of fused-ring (bicyclic) bond motifs is 1. The van der Waals surface area contributed by atoms with E-state index in [9.17, 15) is 5.11 Å². The van der Waals surface area contributed by atoms with Gasteiger partial charge in [-0.15, -0.1) is 0 Å². The topological polar surface area (TPSA) is 32.3 Å². The van der Waals surface area contributed by atoms with Crippen LogP contribution in [0.5, 0.6) is 0 Å². The van der Waals surface area contributed by atoms with Crippen LogP contribution in [0.3, 0.4) is 0 Å². The van der Waals surface area contributed by atoms with Gasteiger partial charge in [-0.1, -0.05) is 25.1 Å². The summed E-state index contributed by atoms with van der Waals surface area (Å²) in [5.74, 6) is 0.890. The van der Waals surface area contributed by atoms with Crippen molar-refractivity contribution in [3.05, 3.63) is 42.0 Å². The minimum atomic E-state index is 0.107. The van der Waals surface area contributed by atoms with Gasteiger partial charge in [0.15, 0.2) is 0 Å². The van der Waals surface area contributed by atoms with Crippen molar-refractivity contribution in [2.45, 2.75) is 45.3 Å². The summed E-state index contributed by atoms with van der Waals surface area (Å²) in [6, 6.07) is 13.3. The van der Waals surface area contributed by atoms with Gasteiger partial charge in [-0.3, -0.25) is 0 Å². The van der Waals surface area contributed by atoms with Crippen molar-refractivity contribution < 1.29 is 5.11 Å². The maximum Gasteiger partial charge on any atom is 0.0682 e. The van der Waals surface area contributed by atoms with Crippen LogP contribution in [0.2, 0.25) is 0 Å². The number of aliphatic hydroxyl groups excluding tert-OH is 1. The molecule has 2 heteroatoms. The normalized spacial score (nSPS) is 22.9. The van der Waals surface area contributed by atoms with Crippen LogP contribution in [0.25, 0.3) is 10.8 Å². The van der Waals surface area contributed by atoms with Gasteiger partial charge >= 0.3 is 0 Å². The molecule has 1 aliphatic carbocycles. The second-order valence-electron chi connectivity index (χ2n) is 6.16. The van der Waals surface area contributed by atoms with E-state index in [0.29, 0.717) is 6.04 Å². The molecule has 0 aliphatic heterocycles. The third-order valence-electron chi connectivity index (χ3n) is 4.47. The SMILES string of the molecule is CC1CCC(Nc2ccc3cc(CO)ccc3c2)CC1. The fourth-order valence-corrected chi connectivity index (χ4v) is 3.12. The summed E-state index contributed by atoms with van der Waals surface area (Å²) in [7, 11) is 0. The van der Waals surface area contributed by atoms with Gasteiger partial charge in [0.2, 0.25) is 0 Å². The van der Waals surface area contributed by atoms with Gasteiger partial charge in [-0.25, -0.2) is 0 Å². The molecule has 0 unspecified atom stereocenters. The first-order chi connectivity index (χ1) is 9.74. The number of rotatable bonds is 3. The zero-order valence-corrected chi connectivity index (χ0v) is 12.1. The summed E-state index contributed by atoms with van der Waals surface area (Å²) in [6.45, 7) is 2.46. The Morgan fingerprint density at radius 3 is 2.45 bits per heavy atom. The predicted molar refractivity (Wildman–Crippen MR) is 84.9 cm³/mol. The lowest BCUT2D eigenvalue weighted by molar-refractivity contribution is 0.282. The number of hydrogen-bond acceptors (Lipinski definition) is 2. The Balaban J connectivity index is 1.75. The Morgan fingerprint density at radius 2 is 1.70 bits per heavy atom. The molecule has 0 bridgehead atoms. The van der Waals surface area contributed by atoms with Crippen molar-refractivity contribution in [2.75, 3.05) is 5.32 Å². The van der Waals surface area contributed by atoms with Crippen LogP contribution in [-0.4, -0.2) is 11.1 Å². The molecule has 2 aromatic carbocycles. The Bertz CT molecular complexity index is 585. The van der Waals surface area contributed by atoms with E-state index in [4.69, 9.17) is 0 Å². The number of anilines is 1. The zero-order valence-electron chi connectivity index (χ0n) is 12.1. The van der Waals surface area contributed by atoms with Crippen LogP contribution in [0.4, 0.5) is 5.69 Å². The maximum atomic E-state index is 9.18. The molecule has 0 amide bonds. The van der Waals surface area contributed by atoms with Crippen molar-refractivity contribution in [3.8, 4) is 0 Å². The van der Waals surface area contributed by atoms with Crippen molar-refractivity contribution in [1.82, 2.24) is 0 Å². The summed E-state index contributed by atoms with van der Waals surface area (Å²) in [5.41, 5.74) is 2.19. The average molecular weight is 269 g/mol. The van der Waals surface area contributed by atoms with E-state index >= 15 is 0 Å². The molecule has 0 aromatic heterocycles. The Morgan fingerprint density at radius 1 is 1.00 bits per heavy atom. The summed E-state index contributed by atoms with van der Waals surface area (Å²) >= 11 is 0. The lowest BCUT2D eigenvalue weighted by atomic mass is 9.87. The number of hydrogen-bond donors (Lipinski definition) is 2. The van der Waals surface area contributed by atoms with Gasteiger partial charge in [0.05, 0.1) is 6.61 Å². The fraction of sp³-hybridized carbons (Fsp3) is 0.444. The van der Waals surface area contributed by atoms with E-state index in [1.807, 2.05) is 6.07 Å². The van der Waals surface area contributed by atoms with E-state index < -0.39 is 0 Å². The molecule has 1 saturated carbocycles. The predicted octanol–water partition coefficient (Wildman–Crippen LogP) is 4.32. The molecule has 1 fully saturated rings. The lowest BCUT2D eigenvalue weighted by Gasteiger charge is -2.27. The third-order valence-corrected chi connectivity index (χ3v) is 4.47. The van der Waals surface area contributed by atoms with Crippen LogP contribution >= 0.6 is 0 Å². The minimum Gasteiger partial charge on any atom is -0.392 e. The van der Waals surface area contributed by atoms with Gasteiger partial charge in [0.1, 0.15) is 0 Å². The smallest absolute Gasteiger partial charge is 0.0682 e. The molecule has 1 aliphatic rings. The standard InChI is InChI=1S/C18H23NO/c1-13-2-7-17(8-3-13)19-18-9-6-15-10-14(12-20)4-5-16(15)11-18/h4-6,9-11,13,17,19-20H,2-3,7-8,12H2,1H3. The van der Waals surface area contributed by atoms with Gasteiger partial charge in [0.25, 0.3) is 0 Å². The summed E-state index contributed by atoms with van der Waals surface area (Å²) in [5, 5.41) is 15.3. The highest BCUT2D eigenvalue weighted by Crippen LogP contribution is 2.27. The van der Waals surface area contributed by atoms with E-state index in [-0.39, 0.29) is 6.61 Å². The van der Waals surface area contributed by atoms with Crippen LogP contribution < -0.4 is 5.32 Å². The first-order valence-corrected chi connectivity index (χ1v) is 7.64. The lowest BCUT2D eigenvalue weighted by Crippen LogP contribution is -2.25. The second kappa shape index (κ2) is 5.84. The molecule has 2 aromatic rings. The van der Waals surface area contributed by atoms with Crippen LogP contribution in [0.1, 0.15) is 38.2 Å². The molecular formula is C18H23NO. The minimum absolute atomic E-state index is 0.107. The van der Waals surface area contributed by atoms with Crippen LogP contribution in [0.15, 0.2) is 36.4 Å². The first-order valence-electron chi connectivity index (χ1n) is 7.64. The van der Waals surface area contributed by atoms with E-state index in [1.165, 1.54) is 42.1 Å². The zero-order chi connectivity index (χ0) is 13.9. The molecule has 0 radical (unpaired) electrons. The summed E-state index contributed by atoms with van der Waals surface area (Å²) in [6.07, 6.45) is 5.24. The maximum absolute atomic E-state index is 9.18. The average Bonchev–Trinajstić information content (AvgIpc) is 2.49. The Labute approximate surface area is 120 Å². The van der Waals surface area contributed by atoms with Crippen LogP contribution in [0, 0.1) is 5.92 Å². The number of nitrogens with one attached hydrogen (secondary N) is 1. The van der Waals surface area contributed by atoms with Gasteiger partial charge < -0.3 is 10.4 Å². The van der Waals surface area contributed by atoms with E-state index in [2.05, 4.69) is 42.6 Å². The molecule has 20 heavy (non-hydrogen) atoms. The largest absolute Gasteiger partial charge is 0.392 e. The van der Waals surface area contributed by atoms with Crippen molar-refractivity contribution >= 4 is 16.5 Å². The molecule has 3 rings (SSSR count). The highest BCUT2D eigenvalue weighted by Gasteiger charge is 2.17. The molecule has 0 atom stereocenters. The second-order valence-corrected chi connectivity index (χ2v) is 6.16. The fourth-order valence-electron chi connectivity index (χ4n) is 3.12. The van der Waals surface area contributed by atoms with Crippen molar-refractivity contribution in [2.24, 2.45) is 5.92 Å². The van der Waals surface area contributed by atoms with Gasteiger partial charge in [-0.05, 0) is 66.1 Å². The quantitative estimate of drug-likeness (QED) is 0.869. The van der Waals surface area contributed by atoms with E-state index in [1.54, 1.807) is 0 Å². The highest BCUT2D eigenvalue weighted by molar-refractivity contribution is 5.86. The highest BCUT2D eigenvalue weighted by atomic mass is 16.3. The number of benzene rings is 2. The first kappa shape index (κ1) is 13.4. The third kappa shape index (κ3) is 2.96. The molecule has 2 N–H and O–H groups in total.